The zero-order valence-corrected chi connectivity index (χ0v) is 10.2. The van der Waals surface area contributed by atoms with Crippen LogP contribution in [0.2, 0.25) is 0 Å². The lowest BCUT2D eigenvalue weighted by atomic mass is 9.91. The SMILES string of the molecule is CC(C)(C)N1C(=O)OCC1(C)CCC(=O)O. The maximum atomic E-state index is 11.6. The Labute approximate surface area is 95.4 Å². The van der Waals surface area contributed by atoms with Crippen LogP contribution >= 0.6 is 0 Å². The van der Waals surface area contributed by atoms with E-state index in [1.54, 1.807) is 4.90 Å². The molecule has 1 fully saturated rings. The first-order valence-corrected chi connectivity index (χ1v) is 5.36. The molecular weight excluding hydrogens is 210 g/mol. The number of hydrogen-bond acceptors (Lipinski definition) is 3. The van der Waals surface area contributed by atoms with Gasteiger partial charge in [-0.05, 0) is 34.1 Å². The van der Waals surface area contributed by atoms with Gasteiger partial charge < -0.3 is 9.84 Å². The summed E-state index contributed by atoms with van der Waals surface area (Å²) >= 11 is 0. The molecule has 0 aromatic carbocycles. The molecule has 1 aliphatic rings. The summed E-state index contributed by atoms with van der Waals surface area (Å²) in [6.45, 7) is 7.87. The normalized spacial score (nSPS) is 25.8. The van der Waals surface area contributed by atoms with E-state index in [2.05, 4.69) is 0 Å². The highest BCUT2D eigenvalue weighted by Gasteiger charge is 2.48. The van der Waals surface area contributed by atoms with Gasteiger partial charge in [-0.15, -0.1) is 0 Å². The number of carbonyl (C=O) groups is 2. The molecule has 0 aromatic heterocycles. The van der Waals surface area contributed by atoms with Crippen LogP contribution < -0.4 is 0 Å². The van der Waals surface area contributed by atoms with Crippen molar-refractivity contribution in [1.82, 2.24) is 4.90 Å². The zero-order chi connectivity index (χ0) is 12.6. The molecule has 1 amide bonds. The molecule has 5 heteroatoms. The lowest BCUT2D eigenvalue weighted by molar-refractivity contribution is -0.137. The smallest absolute Gasteiger partial charge is 0.410 e. The highest BCUT2D eigenvalue weighted by atomic mass is 16.6. The molecule has 0 bridgehead atoms. The summed E-state index contributed by atoms with van der Waals surface area (Å²) in [5.41, 5.74) is -0.880. The number of carboxylic acid groups (broad SMARTS) is 1. The van der Waals surface area contributed by atoms with Crippen LogP contribution in [0.15, 0.2) is 0 Å². The number of ether oxygens (including phenoxy) is 1. The van der Waals surface area contributed by atoms with Gasteiger partial charge in [-0.25, -0.2) is 4.79 Å². The number of carbonyl (C=O) groups excluding carboxylic acids is 1. The standard InChI is InChI=1S/C11H19NO4/c1-10(2,3)12-9(15)16-7-11(12,4)6-5-8(13)14/h5-7H2,1-4H3,(H,13,14). The van der Waals surface area contributed by atoms with Crippen LogP contribution in [0.25, 0.3) is 0 Å². The van der Waals surface area contributed by atoms with Gasteiger partial charge in [-0.3, -0.25) is 9.69 Å². The average Bonchev–Trinajstić information content (AvgIpc) is 2.39. The minimum Gasteiger partial charge on any atom is -0.481 e. The first-order chi connectivity index (χ1) is 7.17. The molecule has 0 radical (unpaired) electrons. The first kappa shape index (κ1) is 12.8. The highest BCUT2D eigenvalue weighted by Crippen LogP contribution is 2.34. The lowest BCUT2D eigenvalue weighted by Gasteiger charge is -2.41. The fourth-order valence-corrected chi connectivity index (χ4v) is 2.21. The van der Waals surface area contributed by atoms with Crippen molar-refractivity contribution in [1.29, 1.82) is 0 Å². The summed E-state index contributed by atoms with van der Waals surface area (Å²) in [5, 5.41) is 8.70. The summed E-state index contributed by atoms with van der Waals surface area (Å²) < 4.78 is 5.03. The van der Waals surface area contributed by atoms with E-state index >= 15 is 0 Å². The summed E-state index contributed by atoms with van der Waals surface area (Å²) in [5.74, 6) is -0.852. The molecule has 1 heterocycles. The van der Waals surface area contributed by atoms with Crippen LogP contribution in [-0.4, -0.2) is 39.8 Å². The number of aliphatic carboxylic acids is 1. The number of nitrogens with zero attached hydrogens (tertiary/aromatic N) is 1. The van der Waals surface area contributed by atoms with Gasteiger partial charge >= 0.3 is 12.1 Å². The van der Waals surface area contributed by atoms with Gasteiger partial charge in [0.2, 0.25) is 0 Å². The minimum absolute atomic E-state index is 0.0414. The third-order valence-corrected chi connectivity index (χ3v) is 2.78. The molecule has 92 valence electrons. The second kappa shape index (κ2) is 3.96. The molecule has 0 aliphatic carbocycles. The monoisotopic (exact) mass is 229 g/mol. The molecule has 1 aliphatic heterocycles. The number of carboxylic acids is 1. The van der Waals surface area contributed by atoms with E-state index in [1.807, 2.05) is 27.7 Å². The van der Waals surface area contributed by atoms with Crippen molar-refractivity contribution in [3.05, 3.63) is 0 Å². The van der Waals surface area contributed by atoms with Crippen molar-refractivity contribution in [2.75, 3.05) is 6.61 Å². The van der Waals surface area contributed by atoms with Gasteiger partial charge in [-0.2, -0.15) is 0 Å². The van der Waals surface area contributed by atoms with Gasteiger partial charge in [0.05, 0.1) is 5.54 Å². The van der Waals surface area contributed by atoms with Crippen LogP contribution in [0.4, 0.5) is 4.79 Å². The number of amides is 1. The Morgan fingerprint density at radius 3 is 2.56 bits per heavy atom. The number of rotatable bonds is 3. The number of cyclic esters (lactones) is 1. The highest BCUT2D eigenvalue weighted by molar-refractivity contribution is 5.72. The largest absolute Gasteiger partial charge is 0.481 e. The van der Waals surface area contributed by atoms with Crippen LogP contribution in [0.5, 0.6) is 0 Å². The first-order valence-electron chi connectivity index (χ1n) is 5.36. The van der Waals surface area contributed by atoms with E-state index in [0.29, 0.717) is 6.42 Å². The van der Waals surface area contributed by atoms with Gasteiger partial charge in [0.15, 0.2) is 0 Å². The van der Waals surface area contributed by atoms with E-state index in [0.717, 1.165) is 0 Å². The van der Waals surface area contributed by atoms with Gasteiger partial charge in [0.25, 0.3) is 0 Å². The Hall–Kier alpha value is -1.26. The van der Waals surface area contributed by atoms with Crippen molar-refractivity contribution in [2.45, 2.75) is 51.6 Å². The van der Waals surface area contributed by atoms with Crippen molar-refractivity contribution in [3.63, 3.8) is 0 Å². The van der Waals surface area contributed by atoms with E-state index in [4.69, 9.17) is 9.84 Å². The fraction of sp³-hybridized carbons (Fsp3) is 0.818. The quantitative estimate of drug-likeness (QED) is 0.802. The van der Waals surface area contributed by atoms with E-state index < -0.39 is 11.5 Å². The maximum absolute atomic E-state index is 11.6. The Morgan fingerprint density at radius 1 is 1.56 bits per heavy atom. The third-order valence-electron chi connectivity index (χ3n) is 2.78. The molecule has 5 nitrogen and oxygen atoms in total. The molecule has 1 rings (SSSR count). The van der Waals surface area contributed by atoms with E-state index in [-0.39, 0.29) is 24.7 Å². The van der Waals surface area contributed by atoms with Crippen molar-refractivity contribution < 1.29 is 19.4 Å². The number of hydrogen-bond donors (Lipinski definition) is 1. The molecule has 0 spiro atoms. The Balaban J connectivity index is 2.85. The van der Waals surface area contributed by atoms with Gasteiger partial charge in [0, 0.05) is 12.0 Å². The van der Waals surface area contributed by atoms with Crippen LogP contribution in [-0.2, 0) is 9.53 Å². The molecule has 0 aromatic rings. The molecule has 1 unspecified atom stereocenters. The maximum Gasteiger partial charge on any atom is 0.410 e. The molecule has 1 N–H and O–H groups in total. The zero-order valence-electron chi connectivity index (χ0n) is 10.2. The van der Waals surface area contributed by atoms with Gasteiger partial charge in [0.1, 0.15) is 6.61 Å². The fourth-order valence-electron chi connectivity index (χ4n) is 2.21. The van der Waals surface area contributed by atoms with Crippen LogP contribution in [0.1, 0.15) is 40.5 Å². The molecule has 1 atom stereocenters. The second-order valence-corrected chi connectivity index (χ2v) is 5.45. The third kappa shape index (κ3) is 2.46. The predicted molar refractivity (Wildman–Crippen MR) is 58.2 cm³/mol. The Bertz CT molecular complexity index is 308. The summed E-state index contributed by atoms with van der Waals surface area (Å²) in [6, 6.07) is 0. The minimum atomic E-state index is -0.852. The van der Waals surface area contributed by atoms with Crippen molar-refractivity contribution in [2.24, 2.45) is 0 Å². The van der Waals surface area contributed by atoms with Crippen molar-refractivity contribution in [3.8, 4) is 0 Å². The molecule has 16 heavy (non-hydrogen) atoms. The molecular formula is C11H19NO4. The average molecular weight is 229 g/mol. The van der Waals surface area contributed by atoms with Crippen molar-refractivity contribution >= 4 is 12.1 Å². The molecule has 1 saturated heterocycles. The second-order valence-electron chi connectivity index (χ2n) is 5.45. The van der Waals surface area contributed by atoms with E-state index in [1.165, 1.54) is 0 Å². The lowest BCUT2D eigenvalue weighted by Crippen LogP contribution is -2.54. The summed E-state index contributed by atoms with van der Waals surface area (Å²) in [7, 11) is 0. The predicted octanol–water partition coefficient (Wildman–Crippen LogP) is 1.86. The van der Waals surface area contributed by atoms with Crippen LogP contribution in [0.3, 0.4) is 0 Å². The Kier molecular flexibility index (Phi) is 3.17. The Morgan fingerprint density at radius 2 is 2.12 bits per heavy atom. The van der Waals surface area contributed by atoms with Crippen LogP contribution in [0, 0.1) is 0 Å². The van der Waals surface area contributed by atoms with Gasteiger partial charge in [-0.1, -0.05) is 0 Å². The molecule has 0 saturated carbocycles. The van der Waals surface area contributed by atoms with E-state index in [9.17, 15) is 9.59 Å². The topological polar surface area (TPSA) is 66.8 Å². The summed E-state index contributed by atoms with van der Waals surface area (Å²) in [4.78, 5) is 23.9. The summed E-state index contributed by atoms with van der Waals surface area (Å²) in [6.07, 6.45) is 0.0887.